The van der Waals surface area contributed by atoms with E-state index in [9.17, 15) is 0 Å². The van der Waals surface area contributed by atoms with E-state index in [0.29, 0.717) is 0 Å². The summed E-state index contributed by atoms with van der Waals surface area (Å²) in [5, 5.41) is 7.90. The normalized spacial score (nSPS) is 17.3. The fraction of sp³-hybridized carbons (Fsp3) is 0.769. The van der Waals surface area contributed by atoms with Crippen LogP contribution in [0.5, 0.6) is 5.88 Å². The van der Waals surface area contributed by atoms with E-state index in [-0.39, 0.29) is 0 Å². The first kappa shape index (κ1) is 12.4. The number of hydrogen-bond acceptors (Lipinski definition) is 3. The van der Waals surface area contributed by atoms with Crippen molar-refractivity contribution in [3.05, 3.63) is 11.8 Å². The molecule has 17 heavy (non-hydrogen) atoms. The van der Waals surface area contributed by atoms with Gasteiger partial charge in [-0.15, -0.1) is 0 Å². The molecule has 1 saturated carbocycles. The van der Waals surface area contributed by atoms with Crippen LogP contribution in [-0.4, -0.2) is 23.4 Å². The van der Waals surface area contributed by atoms with Gasteiger partial charge in [0.1, 0.15) is 0 Å². The summed E-state index contributed by atoms with van der Waals surface area (Å²) in [6.07, 6.45) is 7.01. The van der Waals surface area contributed by atoms with Crippen LogP contribution in [0.4, 0.5) is 0 Å². The van der Waals surface area contributed by atoms with Gasteiger partial charge in [0, 0.05) is 19.7 Å². The topological polar surface area (TPSA) is 39.1 Å². The average Bonchev–Trinajstić information content (AvgIpc) is 2.71. The van der Waals surface area contributed by atoms with Crippen molar-refractivity contribution in [1.82, 2.24) is 15.1 Å². The molecule has 2 rings (SSSR count). The van der Waals surface area contributed by atoms with Crippen molar-refractivity contribution in [3.8, 4) is 5.88 Å². The molecular weight excluding hydrogens is 214 g/mol. The molecule has 1 fully saturated rings. The van der Waals surface area contributed by atoms with Crippen molar-refractivity contribution in [2.45, 2.75) is 38.6 Å². The summed E-state index contributed by atoms with van der Waals surface area (Å²) in [6, 6.07) is 1.99. The summed E-state index contributed by atoms with van der Waals surface area (Å²) in [6.45, 7) is 1.96. The number of hydrogen-bond donors (Lipinski definition) is 1. The van der Waals surface area contributed by atoms with Gasteiger partial charge in [0.15, 0.2) is 0 Å². The molecule has 1 aliphatic rings. The lowest BCUT2D eigenvalue weighted by molar-refractivity contribution is 0.341. The lowest BCUT2D eigenvalue weighted by Crippen LogP contribution is -2.24. The standard InChI is InChI=1S/C13H23N3O/c1-16-13(17-2)8-12(15-16)10-14-9-11-6-4-3-5-7-11/h8,11,14H,3-7,9-10H2,1-2H3. The molecule has 0 bridgehead atoms. The van der Waals surface area contributed by atoms with E-state index in [1.54, 1.807) is 11.8 Å². The van der Waals surface area contributed by atoms with Crippen LogP contribution in [-0.2, 0) is 13.6 Å². The van der Waals surface area contributed by atoms with Crippen LogP contribution < -0.4 is 10.1 Å². The van der Waals surface area contributed by atoms with E-state index < -0.39 is 0 Å². The van der Waals surface area contributed by atoms with Gasteiger partial charge in [-0.1, -0.05) is 19.3 Å². The van der Waals surface area contributed by atoms with Gasteiger partial charge in [-0.25, -0.2) is 4.68 Å². The second-order valence-corrected chi connectivity index (χ2v) is 4.94. The summed E-state index contributed by atoms with van der Waals surface area (Å²) in [5.41, 5.74) is 1.06. The Kier molecular flexibility index (Phi) is 4.42. The highest BCUT2D eigenvalue weighted by Crippen LogP contribution is 2.22. The van der Waals surface area contributed by atoms with Crippen LogP contribution in [0.3, 0.4) is 0 Å². The van der Waals surface area contributed by atoms with Crippen LogP contribution in [0.1, 0.15) is 37.8 Å². The molecule has 0 unspecified atom stereocenters. The van der Waals surface area contributed by atoms with Gasteiger partial charge in [0.05, 0.1) is 12.8 Å². The summed E-state index contributed by atoms with van der Waals surface area (Å²) >= 11 is 0. The third-order valence-electron chi connectivity index (χ3n) is 3.56. The fourth-order valence-corrected chi connectivity index (χ4v) is 2.58. The minimum atomic E-state index is 0.819. The number of nitrogens with zero attached hydrogens (tertiary/aromatic N) is 2. The van der Waals surface area contributed by atoms with E-state index in [0.717, 1.165) is 30.6 Å². The van der Waals surface area contributed by atoms with Gasteiger partial charge in [-0.05, 0) is 25.3 Å². The van der Waals surface area contributed by atoms with Crippen LogP contribution in [0, 0.1) is 5.92 Å². The average molecular weight is 237 g/mol. The quantitative estimate of drug-likeness (QED) is 0.852. The molecule has 0 aliphatic heterocycles. The molecule has 1 aromatic heterocycles. The highest BCUT2D eigenvalue weighted by Gasteiger charge is 2.13. The maximum atomic E-state index is 5.19. The molecule has 0 spiro atoms. The Bertz CT molecular complexity index is 342. The molecule has 1 aliphatic carbocycles. The smallest absolute Gasteiger partial charge is 0.211 e. The molecular formula is C13H23N3O. The Balaban J connectivity index is 1.73. The van der Waals surface area contributed by atoms with E-state index in [1.165, 1.54) is 32.1 Å². The van der Waals surface area contributed by atoms with Gasteiger partial charge >= 0.3 is 0 Å². The molecule has 0 saturated heterocycles. The van der Waals surface area contributed by atoms with Crippen molar-refractivity contribution in [2.75, 3.05) is 13.7 Å². The molecule has 1 heterocycles. The first-order chi connectivity index (χ1) is 8.29. The molecule has 1 aromatic rings. The molecule has 96 valence electrons. The summed E-state index contributed by atoms with van der Waals surface area (Å²) in [7, 11) is 3.58. The third kappa shape index (κ3) is 3.46. The SMILES string of the molecule is COc1cc(CNCC2CCCCC2)nn1C. The van der Waals surface area contributed by atoms with E-state index in [1.807, 2.05) is 13.1 Å². The number of methoxy groups -OCH3 is 1. The first-order valence-corrected chi connectivity index (χ1v) is 6.57. The largest absolute Gasteiger partial charge is 0.481 e. The number of rotatable bonds is 5. The van der Waals surface area contributed by atoms with Crippen molar-refractivity contribution in [3.63, 3.8) is 0 Å². The van der Waals surface area contributed by atoms with E-state index >= 15 is 0 Å². The number of aromatic nitrogens is 2. The lowest BCUT2D eigenvalue weighted by atomic mass is 9.89. The molecule has 0 amide bonds. The third-order valence-corrected chi connectivity index (χ3v) is 3.56. The Labute approximate surface area is 103 Å². The Morgan fingerprint density at radius 3 is 2.82 bits per heavy atom. The van der Waals surface area contributed by atoms with Crippen molar-refractivity contribution < 1.29 is 4.74 Å². The first-order valence-electron chi connectivity index (χ1n) is 6.57. The predicted octanol–water partition coefficient (Wildman–Crippen LogP) is 2.10. The van der Waals surface area contributed by atoms with E-state index in [4.69, 9.17) is 4.74 Å². The molecule has 4 nitrogen and oxygen atoms in total. The second kappa shape index (κ2) is 6.05. The number of nitrogens with one attached hydrogen (secondary N) is 1. The number of ether oxygens (including phenoxy) is 1. The minimum absolute atomic E-state index is 0.819. The van der Waals surface area contributed by atoms with Crippen molar-refractivity contribution in [2.24, 2.45) is 13.0 Å². The molecule has 0 aromatic carbocycles. The predicted molar refractivity (Wildman–Crippen MR) is 68.0 cm³/mol. The zero-order valence-corrected chi connectivity index (χ0v) is 10.9. The zero-order valence-electron chi connectivity index (χ0n) is 10.9. The Morgan fingerprint density at radius 2 is 2.18 bits per heavy atom. The van der Waals surface area contributed by atoms with Crippen LogP contribution >= 0.6 is 0 Å². The minimum Gasteiger partial charge on any atom is -0.481 e. The van der Waals surface area contributed by atoms with Gasteiger partial charge in [0.2, 0.25) is 5.88 Å². The summed E-state index contributed by atoms with van der Waals surface area (Å²) in [4.78, 5) is 0. The van der Waals surface area contributed by atoms with Crippen molar-refractivity contribution >= 4 is 0 Å². The van der Waals surface area contributed by atoms with E-state index in [2.05, 4.69) is 10.4 Å². The monoisotopic (exact) mass is 237 g/mol. The summed E-state index contributed by atoms with van der Waals surface area (Å²) < 4.78 is 6.97. The maximum Gasteiger partial charge on any atom is 0.211 e. The highest BCUT2D eigenvalue weighted by atomic mass is 16.5. The van der Waals surface area contributed by atoms with Gasteiger partial charge in [0.25, 0.3) is 0 Å². The zero-order chi connectivity index (χ0) is 12.1. The van der Waals surface area contributed by atoms with Crippen LogP contribution in [0.2, 0.25) is 0 Å². The van der Waals surface area contributed by atoms with Gasteiger partial charge in [-0.3, -0.25) is 0 Å². The van der Waals surface area contributed by atoms with Crippen molar-refractivity contribution in [1.29, 1.82) is 0 Å². The molecule has 4 heteroatoms. The fourth-order valence-electron chi connectivity index (χ4n) is 2.58. The lowest BCUT2D eigenvalue weighted by Gasteiger charge is -2.21. The van der Waals surface area contributed by atoms with Crippen LogP contribution in [0.25, 0.3) is 0 Å². The summed E-state index contributed by atoms with van der Waals surface area (Å²) in [5.74, 6) is 1.69. The van der Waals surface area contributed by atoms with Crippen LogP contribution in [0.15, 0.2) is 6.07 Å². The Hall–Kier alpha value is -1.03. The van der Waals surface area contributed by atoms with Gasteiger partial charge in [-0.2, -0.15) is 5.10 Å². The second-order valence-electron chi connectivity index (χ2n) is 4.94. The van der Waals surface area contributed by atoms with Gasteiger partial charge < -0.3 is 10.1 Å². The highest BCUT2D eigenvalue weighted by molar-refractivity contribution is 5.15. The maximum absolute atomic E-state index is 5.19. The molecule has 1 N–H and O–H groups in total. The molecule has 0 radical (unpaired) electrons. The number of aryl methyl sites for hydroxylation is 1. The molecule has 0 atom stereocenters. The Morgan fingerprint density at radius 1 is 1.41 bits per heavy atom.